The van der Waals surface area contributed by atoms with Gasteiger partial charge in [-0.15, -0.1) is 12.4 Å². The number of carbonyl (C=O) groups is 1. The first-order chi connectivity index (χ1) is 10.1. The number of carbonyl (C=O) groups excluding carboxylic acids is 1. The first-order valence-electron chi connectivity index (χ1n) is 7.15. The summed E-state index contributed by atoms with van der Waals surface area (Å²) >= 11 is 1.83. The lowest BCUT2D eigenvalue weighted by molar-refractivity contribution is -0.122. The minimum atomic E-state index is -0.617. The van der Waals surface area contributed by atoms with Crippen molar-refractivity contribution in [1.82, 2.24) is 10.6 Å². The van der Waals surface area contributed by atoms with E-state index in [1.54, 1.807) is 0 Å². The quantitative estimate of drug-likeness (QED) is 0.857. The van der Waals surface area contributed by atoms with Crippen LogP contribution >= 0.6 is 24.2 Å². The van der Waals surface area contributed by atoms with Gasteiger partial charge >= 0.3 is 0 Å². The summed E-state index contributed by atoms with van der Waals surface area (Å²) in [6.07, 6.45) is 0.938. The Morgan fingerprint density at radius 1 is 1.50 bits per heavy atom. The van der Waals surface area contributed by atoms with Crippen molar-refractivity contribution in [1.29, 1.82) is 0 Å². The first kappa shape index (κ1) is 19.2. The second-order valence-electron chi connectivity index (χ2n) is 5.12. The average Bonchev–Trinajstić information content (AvgIpc) is 2.46. The largest absolute Gasteiger partial charge is 0.349 e. The molecule has 3 nitrogen and oxygen atoms in total. The van der Waals surface area contributed by atoms with E-state index in [1.165, 1.54) is 12.1 Å². The standard InChI is InChI=1S/C15H20F2N2OS.ClH/c1-2-14(12-4-3-10(16)7-13(12)17)19-15(20)8-11-9-21-6-5-18-11;/h3-4,7,11,14,18H,2,5-6,8-9H2,1H3,(H,19,20);1H. The van der Waals surface area contributed by atoms with Crippen LogP contribution in [-0.2, 0) is 4.79 Å². The van der Waals surface area contributed by atoms with Crippen LogP contribution in [0, 0.1) is 11.6 Å². The summed E-state index contributed by atoms with van der Waals surface area (Å²) in [7, 11) is 0. The fourth-order valence-corrected chi connectivity index (χ4v) is 3.36. The van der Waals surface area contributed by atoms with E-state index in [-0.39, 0.29) is 24.4 Å². The van der Waals surface area contributed by atoms with Crippen LogP contribution in [0.2, 0.25) is 0 Å². The van der Waals surface area contributed by atoms with E-state index in [0.29, 0.717) is 18.4 Å². The van der Waals surface area contributed by atoms with Crippen molar-refractivity contribution >= 4 is 30.1 Å². The molecule has 1 aliphatic rings. The first-order valence-corrected chi connectivity index (χ1v) is 8.31. The Hall–Kier alpha value is -0.850. The Labute approximate surface area is 140 Å². The number of nitrogens with one attached hydrogen (secondary N) is 2. The maximum atomic E-state index is 13.8. The molecule has 0 bridgehead atoms. The molecule has 1 aromatic carbocycles. The van der Waals surface area contributed by atoms with E-state index >= 15 is 0 Å². The van der Waals surface area contributed by atoms with Crippen LogP contribution in [0.1, 0.15) is 31.4 Å². The molecule has 1 aromatic rings. The van der Waals surface area contributed by atoms with Crippen LogP contribution in [0.5, 0.6) is 0 Å². The van der Waals surface area contributed by atoms with E-state index in [2.05, 4.69) is 10.6 Å². The Morgan fingerprint density at radius 3 is 2.86 bits per heavy atom. The molecule has 0 aliphatic carbocycles. The molecule has 124 valence electrons. The number of thioether (sulfide) groups is 1. The number of rotatable bonds is 5. The maximum Gasteiger partial charge on any atom is 0.222 e. The van der Waals surface area contributed by atoms with Crippen molar-refractivity contribution in [3.63, 3.8) is 0 Å². The van der Waals surface area contributed by atoms with Gasteiger partial charge in [0.25, 0.3) is 0 Å². The van der Waals surface area contributed by atoms with Crippen LogP contribution in [0.3, 0.4) is 0 Å². The summed E-state index contributed by atoms with van der Waals surface area (Å²) in [5, 5.41) is 6.13. The third-order valence-corrected chi connectivity index (χ3v) is 4.64. The second-order valence-corrected chi connectivity index (χ2v) is 6.27. The smallest absolute Gasteiger partial charge is 0.222 e. The molecule has 0 aromatic heterocycles. The summed E-state index contributed by atoms with van der Waals surface area (Å²) in [4.78, 5) is 12.1. The van der Waals surface area contributed by atoms with Crippen LogP contribution in [0.15, 0.2) is 18.2 Å². The number of halogens is 3. The van der Waals surface area contributed by atoms with Gasteiger partial charge < -0.3 is 10.6 Å². The summed E-state index contributed by atoms with van der Waals surface area (Å²) in [6, 6.07) is 3.21. The predicted octanol–water partition coefficient (Wildman–Crippen LogP) is 3.05. The Balaban J connectivity index is 0.00000242. The van der Waals surface area contributed by atoms with Crippen molar-refractivity contribution in [3.05, 3.63) is 35.4 Å². The third-order valence-electron chi connectivity index (χ3n) is 3.51. The van der Waals surface area contributed by atoms with Gasteiger partial charge in [-0.3, -0.25) is 4.79 Å². The molecule has 1 saturated heterocycles. The van der Waals surface area contributed by atoms with Crippen molar-refractivity contribution in [2.24, 2.45) is 0 Å². The lowest BCUT2D eigenvalue weighted by atomic mass is 10.0. The zero-order chi connectivity index (χ0) is 15.2. The maximum absolute atomic E-state index is 13.8. The highest BCUT2D eigenvalue weighted by atomic mass is 35.5. The van der Waals surface area contributed by atoms with E-state index in [9.17, 15) is 13.6 Å². The number of hydrogen-bond donors (Lipinski definition) is 2. The van der Waals surface area contributed by atoms with Gasteiger partial charge in [0.15, 0.2) is 0 Å². The van der Waals surface area contributed by atoms with E-state index in [4.69, 9.17) is 0 Å². The van der Waals surface area contributed by atoms with Gasteiger partial charge in [0.2, 0.25) is 5.91 Å². The Morgan fingerprint density at radius 2 is 2.27 bits per heavy atom. The highest BCUT2D eigenvalue weighted by Crippen LogP contribution is 2.21. The molecule has 1 aliphatic heterocycles. The summed E-state index contributed by atoms with van der Waals surface area (Å²) < 4.78 is 26.7. The van der Waals surface area contributed by atoms with Crippen LogP contribution in [-0.4, -0.2) is 30.0 Å². The average molecular weight is 351 g/mol. The van der Waals surface area contributed by atoms with Gasteiger partial charge in [-0.2, -0.15) is 11.8 Å². The van der Waals surface area contributed by atoms with E-state index < -0.39 is 17.7 Å². The highest BCUT2D eigenvalue weighted by Gasteiger charge is 2.20. The Kier molecular flexibility index (Phi) is 8.14. The fourth-order valence-electron chi connectivity index (χ4n) is 2.41. The topological polar surface area (TPSA) is 41.1 Å². The van der Waals surface area contributed by atoms with Gasteiger partial charge in [0, 0.05) is 42.1 Å². The van der Waals surface area contributed by atoms with Gasteiger partial charge in [-0.05, 0) is 12.5 Å². The minimum Gasteiger partial charge on any atom is -0.349 e. The molecular formula is C15H21ClF2N2OS. The lowest BCUT2D eigenvalue weighted by Gasteiger charge is -2.24. The summed E-state index contributed by atoms with van der Waals surface area (Å²) in [5.41, 5.74) is 0.332. The number of amides is 1. The molecule has 2 rings (SSSR count). The van der Waals surface area contributed by atoms with Crippen LogP contribution in [0.25, 0.3) is 0 Å². The van der Waals surface area contributed by atoms with Crippen molar-refractivity contribution in [2.75, 3.05) is 18.1 Å². The van der Waals surface area contributed by atoms with Crippen LogP contribution in [0.4, 0.5) is 8.78 Å². The zero-order valence-corrected chi connectivity index (χ0v) is 14.0. The van der Waals surface area contributed by atoms with Gasteiger partial charge in [0.1, 0.15) is 11.6 Å². The summed E-state index contributed by atoms with van der Waals surface area (Å²) in [5.74, 6) is 0.644. The highest BCUT2D eigenvalue weighted by molar-refractivity contribution is 7.99. The van der Waals surface area contributed by atoms with Crippen molar-refractivity contribution in [2.45, 2.75) is 31.8 Å². The predicted molar refractivity (Wildman–Crippen MR) is 88.5 cm³/mol. The normalized spacial score (nSPS) is 19.1. The van der Waals surface area contributed by atoms with Crippen molar-refractivity contribution in [3.8, 4) is 0 Å². The molecular weight excluding hydrogens is 330 g/mol. The zero-order valence-electron chi connectivity index (χ0n) is 12.4. The number of hydrogen-bond acceptors (Lipinski definition) is 3. The molecule has 1 heterocycles. The molecule has 0 saturated carbocycles. The molecule has 7 heteroatoms. The molecule has 22 heavy (non-hydrogen) atoms. The van der Waals surface area contributed by atoms with Gasteiger partial charge in [-0.25, -0.2) is 8.78 Å². The number of benzene rings is 1. The third kappa shape index (κ3) is 5.41. The van der Waals surface area contributed by atoms with E-state index in [1.807, 2.05) is 18.7 Å². The molecule has 0 spiro atoms. The minimum absolute atomic E-state index is 0. The van der Waals surface area contributed by atoms with Gasteiger partial charge in [-0.1, -0.05) is 13.0 Å². The van der Waals surface area contributed by atoms with E-state index in [0.717, 1.165) is 24.1 Å². The molecule has 2 atom stereocenters. The molecule has 0 radical (unpaired) electrons. The van der Waals surface area contributed by atoms with Crippen LogP contribution < -0.4 is 10.6 Å². The molecule has 1 fully saturated rings. The molecule has 1 amide bonds. The van der Waals surface area contributed by atoms with Crippen molar-refractivity contribution < 1.29 is 13.6 Å². The fraction of sp³-hybridized carbons (Fsp3) is 0.533. The second kappa shape index (κ2) is 9.33. The molecule has 2 unspecified atom stereocenters. The lowest BCUT2D eigenvalue weighted by Crippen LogP contribution is -2.42. The Bertz CT molecular complexity index is 498. The molecule has 2 N–H and O–H groups in total. The SMILES string of the molecule is CCC(NC(=O)CC1CSCCN1)c1ccc(F)cc1F.Cl. The summed E-state index contributed by atoms with van der Waals surface area (Å²) in [6.45, 7) is 2.77. The monoisotopic (exact) mass is 350 g/mol. The van der Waals surface area contributed by atoms with Gasteiger partial charge in [0.05, 0.1) is 6.04 Å².